The van der Waals surface area contributed by atoms with Crippen molar-refractivity contribution >= 4 is 12.2 Å². The maximum Gasteiger partial charge on any atom is 0.225 e. The molecule has 1 N–H and O–H groups in total. The van der Waals surface area contributed by atoms with E-state index in [-0.39, 0.29) is 11.3 Å². The third-order valence-electron chi connectivity index (χ3n) is 1.47. The normalized spacial score (nSPS) is 10.9. The lowest BCUT2D eigenvalue weighted by Crippen LogP contribution is -2.35. The summed E-state index contributed by atoms with van der Waals surface area (Å²) in [4.78, 5) is 21.2. The van der Waals surface area contributed by atoms with Crippen LogP contribution in [0.4, 0.5) is 0 Å². The van der Waals surface area contributed by atoms with Gasteiger partial charge in [0.15, 0.2) is 0 Å². The first-order chi connectivity index (χ1) is 5.48. The molecule has 0 rings (SSSR count). The molecule has 0 aromatic carbocycles. The van der Waals surface area contributed by atoms with Crippen LogP contribution in [-0.2, 0) is 9.59 Å². The lowest BCUT2D eigenvalue weighted by atomic mass is 9.96. The largest absolute Gasteiger partial charge is 0.356 e. The Morgan fingerprint density at radius 2 is 2.00 bits per heavy atom. The molecule has 0 heterocycles. The maximum atomic E-state index is 11.2. The number of nitrogens with one attached hydrogen (secondary N) is 1. The minimum absolute atomic E-state index is 0.0356. The van der Waals surface area contributed by atoms with Crippen LogP contribution in [0, 0.1) is 5.41 Å². The van der Waals surface area contributed by atoms with E-state index in [4.69, 9.17) is 0 Å². The van der Waals surface area contributed by atoms with Gasteiger partial charge in [0.05, 0.1) is 0 Å². The Morgan fingerprint density at radius 1 is 1.42 bits per heavy atom. The molecule has 3 heteroatoms. The molecule has 0 unspecified atom stereocenters. The molecule has 0 radical (unpaired) electrons. The quantitative estimate of drug-likeness (QED) is 0.509. The Balaban J connectivity index is 3.51. The van der Waals surface area contributed by atoms with E-state index in [1.807, 2.05) is 20.8 Å². The molecular weight excluding hydrogens is 154 g/mol. The van der Waals surface area contributed by atoms with E-state index in [0.717, 1.165) is 12.7 Å². The zero-order chi connectivity index (χ0) is 9.61. The summed E-state index contributed by atoms with van der Waals surface area (Å²) in [5.74, 6) is 0.0356. The van der Waals surface area contributed by atoms with E-state index in [2.05, 4.69) is 5.32 Å². The van der Waals surface area contributed by atoms with Gasteiger partial charge < -0.3 is 10.1 Å². The molecule has 0 aliphatic heterocycles. The predicted octanol–water partition coefficient (Wildman–Crippen LogP) is 1.13. The molecule has 0 fully saturated rings. The molecule has 12 heavy (non-hydrogen) atoms. The van der Waals surface area contributed by atoms with E-state index in [9.17, 15) is 9.59 Å². The summed E-state index contributed by atoms with van der Waals surface area (Å²) in [5, 5.41) is 2.76. The number of unbranched alkanes of at least 4 members (excludes halogenated alkanes) is 1. The Labute approximate surface area is 73.5 Å². The van der Waals surface area contributed by atoms with Crippen LogP contribution >= 0.6 is 0 Å². The van der Waals surface area contributed by atoms with Crippen LogP contribution in [0.3, 0.4) is 0 Å². The molecule has 0 saturated carbocycles. The average molecular weight is 171 g/mol. The Morgan fingerprint density at radius 3 is 2.42 bits per heavy atom. The van der Waals surface area contributed by atoms with Crippen LogP contribution in [0.15, 0.2) is 0 Å². The highest BCUT2D eigenvalue weighted by molar-refractivity contribution is 5.81. The molecule has 0 saturated heterocycles. The van der Waals surface area contributed by atoms with Gasteiger partial charge in [-0.25, -0.2) is 0 Å². The van der Waals surface area contributed by atoms with Gasteiger partial charge in [-0.15, -0.1) is 0 Å². The zero-order valence-corrected chi connectivity index (χ0v) is 8.02. The topological polar surface area (TPSA) is 46.2 Å². The van der Waals surface area contributed by atoms with Crippen LogP contribution in [0.1, 0.15) is 33.6 Å². The van der Waals surface area contributed by atoms with Gasteiger partial charge in [0.2, 0.25) is 5.91 Å². The number of carbonyl (C=O) groups is 2. The first-order valence-corrected chi connectivity index (χ1v) is 4.20. The van der Waals surface area contributed by atoms with Crippen molar-refractivity contribution in [3.05, 3.63) is 0 Å². The van der Waals surface area contributed by atoms with Crippen molar-refractivity contribution in [1.82, 2.24) is 5.32 Å². The van der Waals surface area contributed by atoms with Crippen molar-refractivity contribution < 1.29 is 9.59 Å². The molecule has 0 aliphatic rings. The summed E-state index contributed by atoms with van der Waals surface area (Å²) in [5.41, 5.74) is -0.332. The van der Waals surface area contributed by atoms with Gasteiger partial charge in [-0.05, 0) is 6.42 Å². The minimum Gasteiger partial charge on any atom is -0.356 e. The highest BCUT2D eigenvalue weighted by atomic mass is 16.2. The molecule has 0 bridgehead atoms. The molecule has 1 amide bonds. The van der Waals surface area contributed by atoms with Crippen molar-refractivity contribution in [2.45, 2.75) is 33.6 Å². The van der Waals surface area contributed by atoms with Crippen molar-refractivity contribution in [3.8, 4) is 0 Å². The van der Waals surface area contributed by atoms with E-state index in [1.54, 1.807) is 0 Å². The summed E-state index contributed by atoms with van der Waals surface area (Å²) in [6.07, 6.45) is 2.11. The Hall–Kier alpha value is -0.860. The number of carbonyl (C=O) groups excluding carboxylic acids is 2. The highest BCUT2D eigenvalue weighted by Crippen LogP contribution is 2.11. The lowest BCUT2D eigenvalue weighted by molar-refractivity contribution is -0.128. The van der Waals surface area contributed by atoms with Crippen molar-refractivity contribution in [1.29, 1.82) is 0 Å². The second kappa shape index (κ2) is 4.91. The predicted molar refractivity (Wildman–Crippen MR) is 47.8 cm³/mol. The smallest absolute Gasteiger partial charge is 0.225 e. The molecule has 0 spiro atoms. The molecule has 0 aromatic rings. The van der Waals surface area contributed by atoms with Crippen LogP contribution in [0.25, 0.3) is 0 Å². The summed E-state index contributed by atoms with van der Waals surface area (Å²) < 4.78 is 0. The summed E-state index contributed by atoms with van der Waals surface area (Å²) in [6.45, 7) is 6.18. The van der Waals surface area contributed by atoms with Gasteiger partial charge in [-0.1, -0.05) is 20.8 Å². The van der Waals surface area contributed by atoms with Gasteiger partial charge in [0, 0.05) is 18.4 Å². The molecular formula is C9H17NO2. The molecule has 70 valence electrons. The van der Waals surface area contributed by atoms with Gasteiger partial charge in [0.25, 0.3) is 0 Å². The standard InChI is InChI=1S/C9H17NO2/c1-9(2,3)8(12)10-6-4-5-7-11/h7H,4-6H2,1-3H3,(H,10,12). The van der Waals surface area contributed by atoms with Gasteiger partial charge in [0.1, 0.15) is 6.29 Å². The van der Waals surface area contributed by atoms with Crippen LogP contribution in [0.2, 0.25) is 0 Å². The second-order valence-electron chi connectivity index (χ2n) is 3.81. The van der Waals surface area contributed by atoms with Crippen molar-refractivity contribution in [2.24, 2.45) is 5.41 Å². The fourth-order valence-electron chi connectivity index (χ4n) is 0.652. The number of hydrogen-bond donors (Lipinski definition) is 1. The minimum atomic E-state index is -0.332. The SMILES string of the molecule is CC(C)(C)C(=O)NCCCC=O. The van der Waals surface area contributed by atoms with E-state index in [1.165, 1.54) is 0 Å². The van der Waals surface area contributed by atoms with Crippen molar-refractivity contribution in [3.63, 3.8) is 0 Å². The molecule has 0 atom stereocenters. The third kappa shape index (κ3) is 4.88. The Kier molecular flexibility index (Phi) is 4.55. The first-order valence-electron chi connectivity index (χ1n) is 4.20. The lowest BCUT2D eigenvalue weighted by Gasteiger charge is -2.17. The maximum absolute atomic E-state index is 11.2. The zero-order valence-electron chi connectivity index (χ0n) is 8.02. The summed E-state index contributed by atoms with van der Waals surface area (Å²) in [7, 11) is 0. The fourth-order valence-corrected chi connectivity index (χ4v) is 0.652. The highest BCUT2D eigenvalue weighted by Gasteiger charge is 2.19. The Bertz CT molecular complexity index is 158. The van der Waals surface area contributed by atoms with Gasteiger partial charge >= 0.3 is 0 Å². The number of aldehydes is 1. The number of rotatable bonds is 4. The number of amides is 1. The molecule has 0 aromatic heterocycles. The van der Waals surface area contributed by atoms with E-state index >= 15 is 0 Å². The van der Waals surface area contributed by atoms with Crippen LogP contribution in [0.5, 0.6) is 0 Å². The molecule has 3 nitrogen and oxygen atoms in total. The summed E-state index contributed by atoms with van der Waals surface area (Å²) in [6, 6.07) is 0. The monoisotopic (exact) mass is 171 g/mol. The van der Waals surface area contributed by atoms with Crippen LogP contribution < -0.4 is 5.32 Å². The second-order valence-corrected chi connectivity index (χ2v) is 3.81. The fraction of sp³-hybridized carbons (Fsp3) is 0.778. The van der Waals surface area contributed by atoms with E-state index in [0.29, 0.717) is 13.0 Å². The van der Waals surface area contributed by atoms with Crippen LogP contribution in [-0.4, -0.2) is 18.7 Å². The molecule has 0 aliphatic carbocycles. The average Bonchev–Trinajstić information content (AvgIpc) is 1.96. The van der Waals surface area contributed by atoms with E-state index < -0.39 is 0 Å². The third-order valence-corrected chi connectivity index (χ3v) is 1.47. The van der Waals surface area contributed by atoms with Gasteiger partial charge in [-0.2, -0.15) is 0 Å². The van der Waals surface area contributed by atoms with Gasteiger partial charge in [-0.3, -0.25) is 4.79 Å². The summed E-state index contributed by atoms with van der Waals surface area (Å²) >= 11 is 0. The number of hydrogen-bond acceptors (Lipinski definition) is 2. The first kappa shape index (κ1) is 11.1. The van der Waals surface area contributed by atoms with Crippen molar-refractivity contribution in [2.75, 3.05) is 6.54 Å².